The van der Waals surface area contributed by atoms with Gasteiger partial charge in [-0.1, -0.05) is 31.2 Å². The minimum Gasteiger partial charge on any atom is -0.236 e. The van der Waals surface area contributed by atoms with Crippen molar-refractivity contribution in [2.75, 3.05) is 0 Å². The van der Waals surface area contributed by atoms with E-state index in [4.69, 9.17) is 0 Å². The Morgan fingerprint density at radius 2 is 2.00 bits per heavy atom. The molecule has 0 amide bonds. The Morgan fingerprint density at radius 3 is 2.68 bits per heavy atom. The van der Waals surface area contributed by atoms with Gasteiger partial charge in [0.15, 0.2) is 0 Å². The summed E-state index contributed by atoms with van der Waals surface area (Å²) in [6, 6.07) is 8.74. The maximum absolute atomic E-state index is 4.67. The zero-order chi connectivity index (χ0) is 13.0. The van der Waals surface area contributed by atoms with Crippen LogP contribution in [0.3, 0.4) is 0 Å². The molecule has 3 aromatic rings. The summed E-state index contributed by atoms with van der Waals surface area (Å²) >= 11 is 2.50. The third-order valence-electron chi connectivity index (χ3n) is 4.06. The van der Waals surface area contributed by atoms with Crippen LogP contribution in [0.4, 0.5) is 0 Å². The second-order valence-electron chi connectivity index (χ2n) is 5.30. The molecule has 0 bridgehead atoms. The first-order valence-electron chi connectivity index (χ1n) is 6.88. The molecule has 1 saturated carbocycles. The Labute approximate surface area is 126 Å². The molecular weight excluding hydrogens is 347 g/mol. The largest absolute Gasteiger partial charge is 0.236 e. The zero-order valence-corrected chi connectivity index (χ0v) is 13.0. The van der Waals surface area contributed by atoms with E-state index < -0.39 is 0 Å². The summed E-state index contributed by atoms with van der Waals surface area (Å²) in [6.45, 7) is 2.21. The first-order valence-corrected chi connectivity index (χ1v) is 7.96. The van der Waals surface area contributed by atoms with Crippen LogP contribution in [-0.2, 0) is 6.42 Å². The molecule has 0 saturated heterocycles. The van der Waals surface area contributed by atoms with Crippen LogP contribution in [0.1, 0.15) is 36.9 Å². The van der Waals surface area contributed by atoms with E-state index in [1.807, 2.05) is 6.20 Å². The molecule has 0 atom stereocenters. The molecule has 19 heavy (non-hydrogen) atoms. The molecule has 1 aromatic carbocycles. The molecule has 4 rings (SSSR count). The fourth-order valence-electron chi connectivity index (χ4n) is 2.93. The molecule has 2 heterocycles. The smallest absolute Gasteiger partial charge is 0.0775 e. The van der Waals surface area contributed by atoms with E-state index in [0.717, 1.165) is 6.42 Å². The van der Waals surface area contributed by atoms with Crippen molar-refractivity contribution < 1.29 is 0 Å². The summed E-state index contributed by atoms with van der Waals surface area (Å²) in [5, 5.41) is 7.39. The number of nitrogens with zero attached hydrogens (tertiary/aromatic N) is 2. The molecule has 0 aliphatic heterocycles. The second kappa shape index (κ2) is 4.20. The maximum atomic E-state index is 4.67. The molecule has 2 aromatic heterocycles. The van der Waals surface area contributed by atoms with E-state index in [2.05, 4.69) is 63.4 Å². The number of pyridine rings is 1. The van der Waals surface area contributed by atoms with Crippen LogP contribution < -0.4 is 0 Å². The van der Waals surface area contributed by atoms with Gasteiger partial charge < -0.3 is 0 Å². The normalized spacial score (nSPS) is 15.5. The van der Waals surface area contributed by atoms with Crippen LogP contribution >= 0.6 is 22.6 Å². The molecule has 0 N–H and O–H groups in total. The third-order valence-corrected chi connectivity index (χ3v) is 5.20. The summed E-state index contributed by atoms with van der Waals surface area (Å²) in [5.74, 6) is 0.712. The van der Waals surface area contributed by atoms with Crippen LogP contribution in [0.2, 0.25) is 0 Å². The van der Waals surface area contributed by atoms with Crippen LogP contribution in [0, 0.1) is 3.57 Å². The van der Waals surface area contributed by atoms with Gasteiger partial charge in [-0.05, 0) is 52.8 Å². The van der Waals surface area contributed by atoms with E-state index in [0.29, 0.717) is 5.92 Å². The van der Waals surface area contributed by atoms with Gasteiger partial charge in [-0.3, -0.25) is 0 Å². The van der Waals surface area contributed by atoms with Crippen molar-refractivity contribution in [2.24, 2.45) is 0 Å². The highest BCUT2D eigenvalue weighted by molar-refractivity contribution is 14.1. The summed E-state index contributed by atoms with van der Waals surface area (Å²) in [6.07, 6.45) is 5.71. The van der Waals surface area contributed by atoms with Gasteiger partial charge in [-0.15, -0.1) is 0 Å². The lowest BCUT2D eigenvalue weighted by Gasteiger charge is -2.12. The Hall–Kier alpha value is -1.10. The number of aromatic nitrogens is 2. The Bertz CT molecular complexity index is 784. The first kappa shape index (κ1) is 11.7. The van der Waals surface area contributed by atoms with Crippen molar-refractivity contribution in [3.8, 4) is 0 Å². The average Bonchev–Trinajstić information content (AvgIpc) is 3.18. The minimum atomic E-state index is 0.712. The van der Waals surface area contributed by atoms with Crippen LogP contribution in [0.15, 0.2) is 30.5 Å². The van der Waals surface area contributed by atoms with Gasteiger partial charge in [0.1, 0.15) is 0 Å². The van der Waals surface area contributed by atoms with Crippen molar-refractivity contribution in [2.45, 2.75) is 32.1 Å². The number of halogens is 1. The van der Waals surface area contributed by atoms with E-state index >= 15 is 0 Å². The molecule has 0 unspecified atom stereocenters. The Balaban J connectivity index is 2.25. The SMILES string of the molecule is CCc1cnn2c(C3CC3)c(I)c3ccccc3c12. The fourth-order valence-corrected chi connectivity index (χ4v) is 4.07. The molecule has 1 aliphatic carbocycles. The molecular formula is C16H15IN2. The van der Waals surface area contributed by atoms with E-state index in [1.165, 1.54) is 44.0 Å². The standard InChI is InChI=1S/C16H15IN2/c1-2-10-9-18-19-15(10)13-6-4-3-5-12(13)14(17)16(19)11-7-8-11/h3-6,9,11H,2,7-8H2,1H3. The van der Waals surface area contributed by atoms with Crippen LogP contribution in [0.25, 0.3) is 16.3 Å². The monoisotopic (exact) mass is 362 g/mol. The topological polar surface area (TPSA) is 17.3 Å². The highest BCUT2D eigenvalue weighted by Crippen LogP contribution is 2.44. The molecule has 96 valence electrons. The summed E-state index contributed by atoms with van der Waals surface area (Å²) in [4.78, 5) is 0. The number of hydrogen-bond acceptors (Lipinski definition) is 1. The number of benzene rings is 1. The van der Waals surface area contributed by atoms with E-state index in [9.17, 15) is 0 Å². The van der Waals surface area contributed by atoms with Gasteiger partial charge in [-0.25, -0.2) is 4.52 Å². The highest BCUT2D eigenvalue weighted by atomic mass is 127. The zero-order valence-electron chi connectivity index (χ0n) is 10.9. The molecule has 2 nitrogen and oxygen atoms in total. The van der Waals surface area contributed by atoms with Crippen LogP contribution in [-0.4, -0.2) is 9.61 Å². The lowest BCUT2D eigenvalue weighted by atomic mass is 10.1. The van der Waals surface area contributed by atoms with Gasteiger partial charge in [0.05, 0.1) is 17.4 Å². The number of hydrogen-bond donors (Lipinski definition) is 0. The number of aryl methyl sites for hydroxylation is 1. The van der Waals surface area contributed by atoms with Gasteiger partial charge in [0.25, 0.3) is 0 Å². The molecule has 3 heteroatoms. The van der Waals surface area contributed by atoms with Gasteiger partial charge >= 0.3 is 0 Å². The Morgan fingerprint density at radius 1 is 1.26 bits per heavy atom. The van der Waals surface area contributed by atoms with E-state index in [1.54, 1.807) is 0 Å². The van der Waals surface area contributed by atoms with Crippen molar-refractivity contribution in [1.82, 2.24) is 9.61 Å². The predicted octanol–water partition coefficient (Wildman–Crippen LogP) is 4.53. The first-order chi connectivity index (χ1) is 9.31. The predicted molar refractivity (Wildman–Crippen MR) is 86.8 cm³/mol. The minimum absolute atomic E-state index is 0.712. The number of rotatable bonds is 2. The summed E-state index contributed by atoms with van der Waals surface area (Å²) < 4.78 is 3.59. The van der Waals surface area contributed by atoms with Gasteiger partial charge in [0, 0.05) is 14.9 Å². The van der Waals surface area contributed by atoms with Gasteiger partial charge in [0.2, 0.25) is 0 Å². The molecule has 1 fully saturated rings. The fraction of sp³-hybridized carbons (Fsp3) is 0.312. The second-order valence-corrected chi connectivity index (χ2v) is 6.38. The molecule has 0 spiro atoms. The van der Waals surface area contributed by atoms with Crippen molar-refractivity contribution in [3.63, 3.8) is 0 Å². The average molecular weight is 362 g/mol. The lowest BCUT2D eigenvalue weighted by molar-refractivity contribution is 0.855. The summed E-state index contributed by atoms with van der Waals surface area (Å²) in [7, 11) is 0. The maximum Gasteiger partial charge on any atom is 0.0775 e. The lowest BCUT2D eigenvalue weighted by Crippen LogP contribution is -2.02. The van der Waals surface area contributed by atoms with Gasteiger partial charge in [-0.2, -0.15) is 5.10 Å². The quantitative estimate of drug-likeness (QED) is 0.613. The highest BCUT2D eigenvalue weighted by Gasteiger charge is 2.30. The van der Waals surface area contributed by atoms with Crippen molar-refractivity contribution in [1.29, 1.82) is 0 Å². The molecule has 1 aliphatic rings. The summed E-state index contributed by atoms with van der Waals surface area (Å²) in [5.41, 5.74) is 4.10. The van der Waals surface area contributed by atoms with E-state index in [-0.39, 0.29) is 0 Å². The van der Waals surface area contributed by atoms with Crippen molar-refractivity contribution in [3.05, 3.63) is 45.3 Å². The van der Waals surface area contributed by atoms with Crippen LogP contribution in [0.5, 0.6) is 0 Å². The third kappa shape index (κ3) is 1.64. The van der Waals surface area contributed by atoms with Crippen molar-refractivity contribution >= 4 is 38.9 Å². The Kier molecular flexibility index (Phi) is 2.59. The number of fused-ring (bicyclic) bond motifs is 3. The molecule has 0 radical (unpaired) electrons.